The molecule has 2 aliphatic rings. The lowest BCUT2D eigenvalue weighted by molar-refractivity contribution is -0.112. The second kappa shape index (κ2) is 5.02. The molecule has 0 aliphatic carbocycles. The van der Waals surface area contributed by atoms with Crippen LogP contribution in [0.3, 0.4) is 0 Å². The number of anilines is 1. The van der Waals surface area contributed by atoms with Crippen LogP contribution in [0.5, 0.6) is 5.75 Å². The van der Waals surface area contributed by atoms with Gasteiger partial charge in [-0.25, -0.2) is 0 Å². The van der Waals surface area contributed by atoms with Gasteiger partial charge in [0.15, 0.2) is 0 Å². The van der Waals surface area contributed by atoms with Crippen LogP contribution >= 0.6 is 0 Å². The monoisotopic (exact) mass is 263 g/mol. The average molecular weight is 263 g/mol. The molecule has 0 aromatic heterocycles. The summed E-state index contributed by atoms with van der Waals surface area (Å²) in [6.07, 6.45) is 2.94. The number of hydrogen-bond acceptors (Lipinski definition) is 4. The van der Waals surface area contributed by atoms with Crippen LogP contribution in [-0.4, -0.2) is 31.5 Å². The normalized spacial score (nSPS) is 30.7. The third-order valence-electron chi connectivity index (χ3n) is 4.09. The first-order valence-electron chi connectivity index (χ1n) is 6.92. The average Bonchev–Trinajstić information content (AvgIpc) is 2.83. The first-order chi connectivity index (χ1) is 9.19. The Balaban J connectivity index is 1.71. The Morgan fingerprint density at radius 2 is 2.26 bits per heavy atom. The van der Waals surface area contributed by atoms with Crippen molar-refractivity contribution < 1.29 is 14.2 Å². The number of rotatable bonds is 2. The quantitative estimate of drug-likeness (QED) is 0.832. The third-order valence-corrected chi connectivity index (χ3v) is 4.09. The van der Waals surface area contributed by atoms with E-state index in [0.29, 0.717) is 6.61 Å². The van der Waals surface area contributed by atoms with E-state index in [0.717, 1.165) is 49.5 Å². The van der Waals surface area contributed by atoms with Gasteiger partial charge in [-0.2, -0.15) is 0 Å². The van der Waals surface area contributed by atoms with Crippen molar-refractivity contribution in [1.29, 1.82) is 0 Å². The van der Waals surface area contributed by atoms with Gasteiger partial charge in [0.2, 0.25) is 0 Å². The molecule has 0 bridgehead atoms. The lowest BCUT2D eigenvalue weighted by atomic mass is 9.91. The molecule has 3 rings (SSSR count). The number of nitrogen functional groups attached to an aromatic ring is 1. The SMILES string of the molecule is Cc1cccc(OC2CCOC3(CCOC3)C2)c1N. The van der Waals surface area contributed by atoms with E-state index in [1.54, 1.807) is 0 Å². The first kappa shape index (κ1) is 12.8. The van der Waals surface area contributed by atoms with Crippen LogP contribution in [0.25, 0.3) is 0 Å². The molecule has 2 atom stereocenters. The fourth-order valence-electron chi connectivity index (χ4n) is 2.88. The van der Waals surface area contributed by atoms with Gasteiger partial charge < -0.3 is 19.9 Å². The van der Waals surface area contributed by atoms with Gasteiger partial charge in [-0.05, 0) is 18.6 Å². The van der Waals surface area contributed by atoms with Crippen molar-refractivity contribution in [3.8, 4) is 5.75 Å². The van der Waals surface area contributed by atoms with Gasteiger partial charge in [0.1, 0.15) is 11.9 Å². The molecule has 0 saturated carbocycles. The Hall–Kier alpha value is -1.26. The van der Waals surface area contributed by atoms with E-state index in [-0.39, 0.29) is 11.7 Å². The largest absolute Gasteiger partial charge is 0.488 e. The lowest BCUT2D eigenvalue weighted by Gasteiger charge is -2.37. The molecule has 2 unspecified atom stereocenters. The predicted octanol–water partition coefficient (Wildman–Crippen LogP) is 2.29. The van der Waals surface area contributed by atoms with Crippen LogP contribution in [0.2, 0.25) is 0 Å². The molecule has 0 amide bonds. The molecule has 104 valence electrons. The molecule has 2 heterocycles. The van der Waals surface area contributed by atoms with E-state index in [9.17, 15) is 0 Å². The highest BCUT2D eigenvalue weighted by atomic mass is 16.6. The molecule has 0 radical (unpaired) electrons. The van der Waals surface area contributed by atoms with E-state index < -0.39 is 0 Å². The zero-order chi connectivity index (χ0) is 13.3. The van der Waals surface area contributed by atoms with Gasteiger partial charge in [-0.15, -0.1) is 0 Å². The first-order valence-corrected chi connectivity index (χ1v) is 6.92. The fourth-order valence-corrected chi connectivity index (χ4v) is 2.88. The highest BCUT2D eigenvalue weighted by molar-refractivity contribution is 5.57. The number of aryl methyl sites for hydroxylation is 1. The minimum absolute atomic E-state index is 0.124. The molecule has 1 aromatic carbocycles. The van der Waals surface area contributed by atoms with Gasteiger partial charge in [0, 0.05) is 25.9 Å². The highest BCUT2D eigenvalue weighted by Crippen LogP contribution is 2.35. The second-order valence-corrected chi connectivity index (χ2v) is 5.55. The Morgan fingerprint density at radius 3 is 3.05 bits per heavy atom. The van der Waals surface area contributed by atoms with Crippen LogP contribution in [0, 0.1) is 6.92 Å². The van der Waals surface area contributed by atoms with Crippen molar-refractivity contribution in [2.75, 3.05) is 25.6 Å². The van der Waals surface area contributed by atoms with Gasteiger partial charge >= 0.3 is 0 Å². The summed E-state index contributed by atoms with van der Waals surface area (Å²) in [4.78, 5) is 0. The van der Waals surface area contributed by atoms with Crippen LogP contribution in [0.4, 0.5) is 5.69 Å². The summed E-state index contributed by atoms with van der Waals surface area (Å²) in [6.45, 7) is 4.22. The zero-order valence-corrected chi connectivity index (χ0v) is 11.4. The number of nitrogens with two attached hydrogens (primary N) is 1. The molecule has 4 heteroatoms. The van der Waals surface area contributed by atoms with Gasteiger partial charge in [0.25, 0.3) is 0 Å². The van der Waals surface area contributed by atoms with Crippen molar-refractivity contribution in [3.63, 3.8) is 0 Å². The fraction of sp³-hybridized carbons (Fsp3) is 0.600. The summed E-state index contributed by atoms with van der Waals surface area (Å²) in [5.74, 6) is 0.793. The summed E-state index contributed by atoms with van der Waals surface area (Å²) in [6, 6.07) is 5.92. The Morgan fingerprint density at radius 1 is 1.37 bits per heavy atom. The number of benzene rings is 1. The molecule has 2 aliphatic heterocycles. The van der Waals surface area contributed by atoms with Crippen LogP contribution in [0.15, 0.2) is 18.2 Å². The molecule has 19 heavy (non-hydrogen) atoms. The van der Waals surface area contributed by atoms with E-state index in [1.165, 1.54) is 0 Å². The molecule has 2 N–H and O–H groups in total. The number of hydrogen-bond donors (Lipinski definition) is 1. The molecule has 4 nitrogen and oxygen atoms in total. The molecule has 2 saturated heterocycles. The van der Waals surface area contributed by atoms with E-state index >= 15 is 0 Å². The molecule has 2 fully saturated rings. The lowest BCUT2D eigenvalue weighted by Crippen LogP contribution is -2.44. The summed E-state index contributed by atoms with van der Waals surface area (Å²) in [7, 11) is 0. The predicted molar refractivity (Wildman–Crippen MR) is 73.4 cm³/mol. The Bertz CT molecular complexity index is 455. The molecule has 1 spiro atoms. The summed E-state index contributed by atoms with van der Waals surface area (Å²) < 4.78 is 17.5. The van der Waals surface area contributed by atoms with Crippen LogP contribution in [-0.2, 0) is 9.47 Å². The van der Waals surface area contributed by atoms with Crippen molar-refractivity contribution >= 4 is 5.69 Å². The van der Waals surface area contributed by atoms with E-state index in [2.05, 4.69) is 0 Å². The van der Waals surface area contributed by atoms with Gasteiger partial charge in [0.05, 0.1) is 24.5 Å². The van der Waals surface area contributed by atoms with Crippen molar-refractivity contribution in [2.45, 2.75) is 37.9 Å². The van der Waals surface area contributed by atoms with E-state index in [1.807, 2.05) is 25.1 Å². The van der Waals surface area contributed by atoms with Crippen molar-refractivity contribution in [3.05, 3.63) is 23.8 Å². The summed E-state index contributed by atoms with van der Waals surface area (Å²) in [5.41, 5.74) is 7.74. The number of para-hydroxylation sites is 1. The standard InChI is InChI=1S/C15H21NO3/c1-11-3-2-4-13(14(11)16)19-12-5-7-18-15(9-12)6-8-17-10-15/h2-4,12H,5-10,16H2,1H3. The van der Waals surface area contributed by atoms with Crippen LogP contribution in [0.1, 0.15) is 24.8 Å². The topological polar surface area (TPSA) is 53.7 Å². The number of ether oxygens (including phenoxy) is 3. The second-order valence-electron chi connectivity index (χ2n) is 5.55. The zero-order valence-electron chi connectivity index (χ0n) is 11.4. The van der Waals surface area contributed by atoms with E-state index in [4.69, 9.17) is 19.9 Å². The minimum atomic E-state index is -0.124. The highest BCUT2D eigenvalue weighted by Gasteiger charge is 2.41. The third kappa shape index (κ3) is 2.55. The molecular formula is C15H21NO3. The maximum Gasteiger partial charge on any atom is 0.142 e. The Labute approximate surface area is 113 Å². The van der Waals surface area contributed by atoms with Crippen LogP contribution < -0.4 is 10.5 Å². The van der Waals surface area contributed by atoms with Crippen molar-refractivity contribution in [2.24, 2.45) is 0 Å². The molecule has 1 aromatic rings. The van der Waals surface area contributed by atoms with Crippen molar-refractivity contribution in [1.82, 2.24) is 0 Å². The molecular weight excluding hydrogens is 242 g/mol. The maximum absolute atomic E-state index is 6.09. The van der Waals surface area contributed by atoms with Gasteiger partial charge in [-0.1, -0.05) is 12.1 Å². The Kier molecular flexibility index (Phi) is 3.37. The minimum Gasteiger partial charge on any atom is -0.488 e. The maximum atomic E-state index is 6.09. The smallest absolute Gasteiger partial charge is 0.142 e. The van der Waals surface area contributed by atoms with Gasteiger partial charge in [-0.3, -0.25) is 0 Å². The summed E-state index contributed by atoms with van der Waals surface area (Å²) in [5, 5.41) is 0. The summed E-state index contributed by atoms with van der Waals surface area (Å²) >= 11 is 0.